The smallest absolute Gasteiger partial charge is 0.322 e. The van der Waals surface area contributed by atoms with E-state index in [0.717, 1.165) is 5.56 Å². The van der Waals surface area contributed by atoms with E-state index >= 15 is 0 Å². The molecule has 1 heterocycles. The van der Waals surface area contributed by atoms with E-state index in [1.165, 1.54) is 9.58 Å². The van der Waals surface area contributed by atoms with Crippen molar-refractivity contribution in [2.75, 3.05) is 19.4 Å². The molecule has 0 unspecified atom stereocenters. The molecule has 0 radical (unpaired) electrons. The highest BCUT2D eigenvalue weighted by molar-refractivity contribution is 6.31. The highest BCUT2D eigenvalue weighted by atomic mass is 35.5. The summed E-state index contributed by atoms with van der Waals surface area (Å²) in [5.74, 6) is -0.648. The second kappa shape index (κ2) is 6.44. The van der Waals surface area contributed by atoms with E-state index in [2.05, 4.69) is 15.6 Å². The van der Waals surface area contributed by atoms with Gasteiger partial charge in [-0.25, -0.2) is 9.48 Å². The van der Waals surface area contributed by atoms with Crippen LogP contribution in [0.3, 0.4) is 0 Å². The number of hydrogen-bond acceptors (Lipinski definition) is 4. The molecule has 116 valence electrons. The van der Waals surface area contributed by atoms with E-state index in [4.69, 9.17) is 17.3 Å². The third-order valence-corrected chi connectivity index (χ3v) is 3.25. The summed E-state index contributed by atoms with van der Waals surface area (Å²) in [4.78, 5) is 24.6. The number of aromatic nitrogens is 3. The van der Waals surface area contributed by atoms with Gasteiger partial charge in [0.1, 0.15) is 0 Å². The van der Waals surface area contributed by atoms with Gasteiger partial charge in [0.25, 0.3) is 5.91 Å². The normalized spacial score (nSPS) is 10.3. The van der Waals surface area contributed by atoms with E-state index in [9.17, 15) is 9.59 Å². The lowest BCUT2D eigenvalue weighted by molar-refractivity contribution is 0.0996. The highest BCUT2D eigenvalue weighted by Crippen LogP contribution is 2.19. The summed E-state index contributed by atoms with van der Waals surface area (Å²) in [6.45, 7) is 0.239. The lowest BCUT2D eigenvalue weighted by Gasteiger charge is -2.13. The van der Waals surface area contributed by atoms with E-state index in [0.29, 0.717) is 5.02 Å². The second-order valence-electron chi connectivity index (χ2n) is 4.72. The number of carbonyl (C=O) groups excluding carboxylic acids is 2. The number of amides is 3. The number of nitrogens with zero attached hydrogens (tertiary/aromatic N) is 4. The van der Waals surface area contributed by atoms with Gasteiger partial charge in [-0.05, 0) is 11.6 Å². The number of urea groups is 1. The zero-order valence-electron chi connectivity index (χ0n) is 12.1. The van der Waals surface area contributed by atoms with Crippen LogP contribution in [-0.2, 0) is 6.54 Å². The number of hydrogen-bond donors (Lipinski definition) is 2. The molecule has 22 heavy (non-hydrogen) atoms. The zero-order valence-corrected chi connectivity index (χ0v) is 12.8. The number of nitrogens with two attached hydrogens (primary N) is 1. The number of rotatable bonds is 4. The van der Waals surface area contributed by atoms with E-state index < -0.39 is 11.9 Å². The molecular formula is C13H15ClN6O2. The van der Waals surface area contributed by atoms with Crippen LogP contribution in [0.4, 0.5) is 10.6 Å². The first-order valence-electron chi connectivity index (χ1n) is 6.35. The van der Waals surface area contributed by atoms with Crippen molar-refractivity contribution < 1.29 is 9.59 Å². The first-order valence-corrected chi connectivity index (χ1v) is 6.73. The zero-order chi connectivity index (χ0) is 16.3. The maximum atomic E-state index is 11.8. The molecule has 2 aromatic rings. The number of primary amides is 1. The van der Waals surface area contributed by atoms with Crippen LogP contribution >= 0.6 is 11.6 Å². The molecule has 0 saturated heterocycles. The Bertz CT molecular complexity index is 712. The minimum atomic E-state index is -0.778. The Kier molecular flexibility index (Phi) is 4.62. The van der Waals surface area contributed by atoms with Crippen molar-refractivity contribution in [2.45, 2.75) is 6.54 Å². The van der Waals surface area contributed by atoms with Crippen LogP contribution in [0.1, 0.15) is 16.1 Å². The average molecular weight is 323 g/mol. The molecular weight excluding hydrogens is 308 g/mol. The van der Waals surface area contributed by atoms with Crippen molar-refractivity contribution in [3.05, 3.63) is 40.5 Å². The summed E-state index contributed by atoms with van der Waals surface area (Å²) < 4.78 is 1.36. The molecule has 0 aliphatic rings. The summed E-state index contributed by atoms with van der Waals surface area (Å²) in [6.07, 6.45) is 0. The fourth-order valence-corrected chi connectivity index (χ4v) is 1.91. The van der Waals surface area contributed by atoms with E-state index in [1.807, 2.05) is 12.1 Å². The fourth-order valence-electron chi connectivity index (χ4n) is 1.71. The average Bonchev–Trinajstić information content (AvgIpc) is 2.84. The SMILES string of the molecule is CN(C)C(=O)Nc1c(C(N)=O)nnn1Cc1ccccc1Cl. The van der Waals surface area contributed by atoms with Crippen LogP contribution in [0.2, 0.25) is 5.02 Å². The maximum absolute atomic E-state index is 11.8. The summed E-state index contributed by atoms with van der Waals surface area (Å²) in [5, 5.41) is 10.7. The lowest BCUT2D eigenvalue weighted by atomic mass is 10.2. The van der Waals surface area contributed by atoms with Crippen molar-refractivity contribution in [1.29, 1.82) is 0 Å². The Labute approximate surface area is 131 Å². The largest absolute Gasteiger partial charge is 0.364 e. The third-order valence-electron chi connectivity index (χ3n) is 2.88. The van der Waals surface area contributed by atoms with Gasteiger partial charge in [-0.15, -0.1) is 5.10 Å². The van der Waals surface area contributed by atoms with Gasteiger partial charge in [0.15, 0.2) is 11.5 Å². The van der Waals surface area contributed by atoms with Gasteiger partial charge in [-0.3, -0.25) is 10.1 Å². The van der Waals surface area contributed by atoms with Crippen LogP contribution in [0.5, 0.6) is 0 Å². The Hall–Kier alpha value is -2.61. The van der Waals surface area contributed by atoms with Gasteiger partial charge in [0.2, 0.25) is 0 Å². The molecule has 8 nitrogen and oxygen atoms in total. The quantitative estimate of drug-likeness (QED) is 0.881. The van der Waals surface area contributed by atoms with Crippen molar-refractivity contribution in [3.8, 4) is 0 Å². The molecule has 0 saturated carbocycles. The molecule has 2 rings (SSSR count). The number of nitrogens with one attached hydrogen (secondary N) is 1. The summed E-state index contributed by atoms with van der Waals surface area (Å²) >= 11 is 6.10. The lowest BCUT2D eigenvalue weighted by Crippen LogP contribution is -2.30. The minimum Gasteiger partial charge on any atom is -0.364 e. The standard InChI is InChI=1S/C13H15ClN6O2/c1-19(2)13(22)16-12-10(11(15)21)17-18-20(12)7-8-5-3-4-6-9(8)14/h3-6H,7H2,1-2H3,(H2,15,21)(H,16,22). The topological polar surface area (TPSA) is 106 Å². The molecule has 0 aliphatic heterocycles. The molecule has 0 bridgehead atoms. The van der Waals surface area contributed by atoms with E-state index in [-0.39, 0.29) is 18.1 Å². The maximum Gasteiger partial charge on any atom is 0.322 e. The number of benzene rings is 1. The van der Waals surface area contributed by atoms with Crippen LogP contribution in [0.25, 0.3) is 0 Å². The molecule has 0 atom stereocenters. The molecule has 9 heteroatoms. The predicted molar refractivity (Wildman–Crippen MR) is 81.8 cm³/mol. The highest BCUT2D eigenvalue weighted by Gasteiger charge is 2.20. The summed E-state index contributed by atoms with van der Waals surface area (Å²) in [6, 6.07) is 6.75. The first kappa shape index (κ1) is 15.8. The van der Waals surface area contributed by atoms with Crippen LogP contribution in [-0.4, -0.2) is 45.9 Å². The molecule has 3 amide bonds. The summed E-state index contributed by atoms with van der Waals surface area (Å²) in [7, 11) is 3.14. The van der Waals surface area contributed by atoms with Gasteiger partial charge in [-0.2, -0.15) is 0 Å². The number of anilines is 1. The molecule has 1 aromatic carbocycles. The molecule has 0 spiro atoms. The predicted octanol–water partition coefficient (Wildman–Crippen LogP) is 1.17. The number of halogens is 1. The Balaban J connectivity index is 2.37. The van der Waals surface area contributed by atoms with Gasteiger partial charge >= 0.3 is 6.03 Å². The Morgan fingerprint density at radius 2 is 2.05 bits per heavy atom. The molecule has 3 N–H and O–H groups in total. The van der Waals surface area contributed by atoms with Crippen molar-refractivity contribution in [2.24, 2.45) is 5.73 Å². The van der Waals surface area contributed by atoms with Gasteiger partial charge in [-0.1, -0.05) is 35.0 Å². The van der Waals surface area contributed by atoms with Crippen LogP contribution in [0, 0.1) is 0 Å². The Morgan fingerprint density at radius 1 is 1.36 bits per heavy atom. The minimum absolute atomic E-state index is 0.109. The number of carbonyl (C=O) groups is 2. The second-order valence-corrected chi connectivity index (χ2v) is 5.13. The first-order chi connectivity index (χ1) is 10.4. The fraction of sp³-hybridized carbons (Fsp3) is 0.231. The van der Waals surface area contributed by atoms with Crippen LogP contribution in [0.15, 0.2) is 24.3 Å². The van der Waals surface area contributed by atoms with Gasteiger partial charge in [0.05, 0.1) is 6.54 Å². The third kappa shape index (κ3) is 3.34. The van der Waals surface area contributed by atoms with Crippen molar-refractivity contribution in [1.82, 2.24) is 19.9 Å². The van der Waals surface area contributed by atoms with Crippen LogP contribution < -0.4 is 11.1 Å². The molecule has 0 aliphatic carbocycles. The van der Waals surface area contributed by atoms with Crippen molar-refractivity contribution >= 4 is 29.4 Å². The van der Waals surface area contributed by atoms with Gasteiger partial charge in [0, 0.05) is 19.1 Å². The van der Waals surface area contributed by atoms with Gasteiger partial charge < -0.3 is 10.6 Å². The molecule has 0 fully saturated rings. The van der Waals surface area contributed by atoms with E-state index in [1.54, 1.807) is 26.2 Å². The van der Waals surface area contributed by atoms with Crippen molar-refractivity contribution in [3.63, 3.8) is 0 Å². The molecule has 1 aromatic heterocycles. The monoisotopic (exact) mass is 322 g/mol. The Morgan fingerprint density at radius 3 is 2.64 bits per heavy atom. The summed E-state index contributed by atoms with van der Waals surface area (Å²) in [5.41, 5.74) is 5.92.